The van der Waals surface area contributed by atoms with Gasteiger partial charge in [0.25, 0.3) is 5.91 Å². The molecule has 1 rings (SSSR count). The molecule has 84 valence electrons. The summed E-state index contributed by atoms with van der Waals surface area (Å²) < 4.78 is 0. The standard InChI is InChI=1S/C11H13N3OS/c1-2-7-16-10-8-9(3-5-13-10)11(15)14-6-4-12/h3,5,8H,2,6-7H2,1H3,(H,14,15). The number of aromatic nitrogens is 1. The number of carbonyl (C=O) groups is 1. The molecule has 0 aliphatic heterocycles. The van der Waals surface area contributed by atoms with E-state index in [2.05, 4.69) is 17.2 Å². The fourth-order valence-corrected chi connectivity index (χ4v) is 1.82. The number of nitrogens with one attached hydrogen (secondary N) is 1. The molecule has 0 aromatic carbocycles. The largest absolute Gasteiger partial charge is 0.339 e. The van der Waals surface area contributed by atoms with Crippen LogP contribution >= 0.6 is 11.8 Å². The Balaban J connectivity index is 2.66. The van der Waals surface area contributed by atoms with Gasteiger partial charge in [-0.05, 0) is 24.3 Å². The van der Waals surface area contributed by atoms with Crippen LogP contribution in [-0.2, 0) is 0 Å². The van der Waals surface area contributed by atoms with Gasteiger partial charge in [0.15, 0.2) is 0 Å². The minimum Gasteiger partial charge on any atom is -0.339 e. The Kier molecular flexibility index (Phi) is 5.37. The van der Waals surface area contributed by atoms with Gasteiger partial charge >= 0.3 is 0 Å². The molecule has 0 saturated carbocycles. The van der Waals surface area contributed by atoms with Crippen molar-refractivity contribution in [3.05, 3.63) is 23.9 Å². The first-order valence-corrected chi connectivity index (χ1v) is 6.00. The molecule has 1 amide bonds. The van der Waals surface area contributed by atoms with Gasteiger partial charge in [0.05, 0.1) is 11.1 Å². The summed E-state index contributed by atoms with van der Waals surface area (Å²) in [6.07, 6.45) is 2.68. The molecule has 1 N–H and O–H groups in total. The van der Waals surface area contributed by atoms with Crippen LogP contribution in [0.15, 0.2) is 23.4 Å². The number of hydrogen-bond acceptors (Lipinski definition) is 4. The molecule has 0 saturated heterocycles. The first-order valence-electron chi connectivity index (χ1n) is 5.02. The second-order valence-corrected chi connectivity index (χ2v) is 4.19. The third-order valence-corrected chi connectivity index (χ3v) is 2.91. The number of amides is 1. The fourth-order valence-electron chi connectivity index (χ4n) is 1.06. The lowest BCUT2D eigenvalue weighted by Gasteiger charge is -2.03. The van der Waals surface area contributed by atoms with Crippen LogP contribution < -0.4 is 5.32 Å². The Hall–Kier alpha value is -1.54. The molecule has 0 unspecified atom stereocenters. The summed E-state index contributed by atoms with van der Waals surface area (Å²) >= 11 is 1.62. The monoisotopic (exact) mass is 235 g/mol. The minimum atomic E-state index is -0.234. The van der Waals surface area contributed by atoms with Crippen LogP contribution in [0.25, 0.3) is 0 Å². The van der Waals surface area contributed by atoms with Crippen LogP contribution in [0.5, 0.6) is 0 Å². The lowest BCUT2D eigenvalue weighted by Crippen LogP contribution is -2.23. The maximum Gasteiger partial charge on any atom is 0.252 e. The third kappa shape index (κ3) is 3.91. The smallest absolute Gasteiger partial charge is 0.252 e. The number of rotatable bonds is 5. The molecular formula is C11H13N3OS. The van der Waals surface area contributed by atoms with Gasteiger partial charge < -0.3 is 5.32 Å². The summed E-state index contributed by atoms with van der Waals surface area (Å²) in [6, 6.07) is 5.25. The second-order valence-electron chi connectivity index (χ2n) is 3.07. The lowest BCUT2D eigenvalue weighted by molar-refractivity contribution is 0.0958. The van der Waals surface area contributed by atoms with Crippen molar-refractivity contribution in [2.24, 2.45) is 0 Å². The maximum absolute atomic E-state index is 11.5. The quantitative estimate of drug-likeness (QED) is 0.624. The van der Waals surface area contributed by atoms with Gasteiger partial charge in [0.1, 0.15) is 6.54 Å². The Labute approximate surface area is 99.1 Å². The number of nitrogens with zero attached hydrogens (tertiary/aromatic N) is 2. The highest BCUT2D eigenvalue weighted by atomic mass is 32.2. The molecule has 1 aromatic heterocycles. The van der Waals surface area contributed by atoms with E-state index in [0.717, 1.165) is 17.2 Å². The van der Waals surface area contributed by atoms with E-state index in [0.29, 0.717) is 5.56 Å². The second kappa shape index (κ2) is 6.85. The van der Waals surface area contributed by atoms with Crippen LogP contribution in [0.2, 0.25) is 0 Å². The van der Waals surface area contributed by atoms with Crippen molar-refractivity contribution in [3.63, 3.8) is 0 Å². The lowest BCUT2D eigenvalue weighted by atomic mass is 10.2. The SMILES string of the molecule is CCCSc1cc(C(=O)NCC#N)ccn1. The van der Waals surface area contributed by atoms with Crippen LogP contribution in [0.1, 0.15) is 23.7 Å². The van der Waals surface area contributed by atoms with Gasteiger partial charge in [-0.15, -0.1) is 11.8 Å². The zero-order valence-electron chi connectivity index (χ0n) is 9.06. The van der Waals surface area contributed by atoms with Crippen LogP contribution in [0.4, 0.5) is 0 Å². The highest BCUT2D eigenvalue weighted by molar-refractivity contribution is 7.99. The maximum atomic E-state index is 11.5. The Morgan fingerprint density at radius 2 is 2.50 bits per heavy atom. The van der Waals surface area contributed by atoms with Crippen molar-refractivity contribution in [3.8, 4) is 6.07 Å². The van der Waals surface area contributed by atoms with E-state index in [9.17, 15) is 4.79 Å². The zero-order chi connectivity index (χ0) is 11.8. The van der Waals surface area contributed by atoms with Crippen molar-refractivity contribution in [2.75, 3.05) is 12.3 Å². The average molecular weight is 235 g/mol. The van der Waals surface area contributed by atoms with Crippen LogP contribution in [-0.4, -0.2) is 23.2 Å². The molecule has 0 spiro atoms. The predicted octanol–water partition coefficient (Wildman–Crippen LogP) is 1.84. The number of hydrogen-bond donors (Lipinski definition) is 1. The molecule has 5 heteroatoms. The van der Waals surface area contributed by atoms with Crippen molar-refractivity contribution in [1.29, 1.82) is 5.26 Å². The molecule has 0 atom stereocenters. The first kappa shape index (κ1) is 12.5. The van der Waals surface area contributed by atoms with Gasteiger partial charge in [0.2, 0.25) is 0 Å². The summed E-state index contributed by atoms with van der Waals surface area (Å²) in [7, 11) is 0. The van der Waals surface area contributed by atoms with E-state index in [1.807, 2.05) is 6.07 Å². The Morgan fingerprint density at radius 1 is 1.69 bits per heavy atom. The zero-order valence-corrected chi connectivity index (χ0v) is 9.88. The summed E-state index contributed by atoms with van der Waals surface area (Å²) in [5.41, 5.74) is 0.545. The fraction of sp³-hybridized carbons (Fsp3) is 0.364. The summed E-state index contributed by atoms with van der Waals surface area (Å²) in [5.74, 6) is 0.748. The van der Waals surface area contributed by atoms with Gasteiger partial charge in [-0.1, -0.05) is 6.92 Å². The van der Waals surface area contributed by atoms with Gasteiger partial charge in [0, 0.05) is 11.8 Å². The Bertz CT molecular complexity index is 400. The van der Waals surface area contributed by atoms with Crippen LogP contribution in [0.3, 0.4) is 0 Å². The molecule has 0 radical (unpaired) electrons. The Morgan fingerprint density at radius 3 is 3.19 bits per heavy atom. The van der Waals surface area contributed by atoms with E-state index in [4.69, 9.17) is 5.26 Å². The third-order valence-electron chi connectivity index (χ3n) is 1.78. The molecule has 0 fully saturated rings. The van der Waals surface area contributed by atoms with E-state index in [-0.39, 0.29) is 12.5 Å². The first-order chi connectivity index (χ1) is 7.77. The van der Waals surface area contributed by atoms with Gasteiger partial charge in [-0.25, -0.2) is 4.98 Å². The minimum absolute atomic E-state index is 0.0264. The number of carbonyl (C=O) groups excluding carboxylic acids is 1. The van der Waals surface area contributed by atoms with Crippen molar-refractivity contribution >= 4 is 17.7 Å². The topological polar surface area (TPSA) is 65.8 Å². The molecule has 0 aliphatic carbocycles. The van der Waals surface area contributed by atoms with E-state index < -0.39 is 0 Å². The molecule has 16 heavy (non-hydrogen) atoms. The van der Waals surface area contributed by atoms with Crippen LogP contribution in [0, 0.1) is 11.3 Å². The molecule has 4 nitrogen and oxygen atoms in total. The number of nitriles is 1. The van der Waals surface area contributed by atoms with Crippen molar-refractivity contribution < 1.29 is 4.79 Å². The summed E-state index contributed by atoms with van der Waals surface area (Å²) in [5, 5.41) is 11.7. The van der Waals surface area contributed by atoms with E-state index in [1.54, 1.807) is 30.1 Å². The summed E-state index contributed by atoms with van der Waals surface area (Å²) in [4.78, 5) is 15.7. The van der Waals surface area contributed by atoms with Crippen molar-refractivity contribution in [1.82, 2.24) is 10.3 Å². The molecule has 1 heterocycles. The van der Waals surface area contributed by atoms with Gasteiger partial charge in [-0.3, -0.25) is 4.79 Å². The highest BCUT2D eigenvalue weighted by Gasteiger charge is 2.05. The van der Waals surface area contributed by atoms with Crippen molar-refractivity contribution in [2.45, 2.75) is 18.4 Å². The highest BCUT2D eigenvalue weighted by Crippen LogP contribution is 2.16. The normalized spacial score (nSPS) is 9.50. The molecule has 0 bridgehead atoms. The number of pyridine rings is 1. The van der Waals surface area contributed by atoms with Gasteiger partial charge in [-0.2, -0.15) is 5.26 Å². The van der Waals surface area contributed by atoms with E-state index >= 15 is 0 Å². The predicted molar refractivity (Wildman–Crippen MR) is 63.2 cm³/mol. The molecular weight excluding hydrogens is 222 g/mol. The molecule has 1 aromatic rings. The molecule has 0 aliphatic rings. The van der Waals surface area contributed by atoms with E-state index in [1.165, 1.54) is 0 Å². The summed E-state index contributed by atoms with van der Waals surface area (Å²) in [6.45, 7) is 2.12. The number of thioether (sulfide) groups is 1. The average Bonchev–Trinajstić information content (AvgIpc) is 2.33.